The van der Waals surface area contributed by atoms with E-state index in [1.807, 2.05) is 11.3 Å². The van der Waals surface area contributed by atoms with Gasteiger partial charge in [-0.2, -0.15) is 0 Å². The van der Waals surface area contributed by atoms with Crippen molar-refractivity contribution < 1.29 is 4.74 Å². The first-order valence-electron chi connectivity index (χ1n) is 18.7. The lowest BCUT2D eigenvalue weighted by molar-refractivity contribution is 0.488. The molecule has 0 saturated carbocycles. The minimum atomic E-state index is 0.850. The van der Waals surface area contributed by atoms with Crippen molar-refractivity contribution in [3.05, 3.63) is 200 Å². The van der Waals surface area contributed by atoms with Gasteiger partial charge >= 0.3 is 0 Å². The van der Waals surface area contributed by atoms with Gasteiger partial charge in [0, 0.05) is 48.2 Å². The molecule has 2 nitrogen and oxygen atoms in total. The van der Waals surface area contributed by atoms with E-state index < -0.39 is 0 Å². The SMILES string of the molecule is c1ccc(-c2ccc(N(c3ccc(-c4cccc5c4sc4ccccc45)cc3)c3cccc4c3-c3c(ccc5ccccc35)Oc3ccccc3-4)cc2)cc1. The second-order valence-electron chi connectivity index (χ2n) is 14.0. The predicted molar refractivity (Wildman–Crippen MR) is 233 cm³/mol. The summed E-state index contributed by atoms with van der Waals surface area (Å²) in [5.41, 5.74) is 12.5. The molecule has 9 aromatic carbocycles. The van der Waals surface area contributed by atoms with E-state index in [1.165, 1.54) is 47.8 Å². The average Bonchev–Trinajstić information content (AvgIpc) is 3.56. The largest absolute Gasteiger partial charge is 0.456 e. The summed E-state index contributed by atoms with van der Waals surface area (Å²) in [6, 6.07) is 72.1. The highest BCUT2D eigenvalue weighted by Crippen LogP contribution is 2.54. The number of hydrogen-bond donors (Lipinski definition) is 0. The van der Waals surface area contributed by atoms with Crippen LogP contribution in [-0.2, 0) is 0 Å². The fourth-order valence-corrected chi connectivity index (χ4v) is 9.57. The Morgan fingerprint density at radius 2 is 0.982 bits per heavy atom. The van der Waals surface area contributed by atoms with E-state index in [2.05, 4.69) is 205 Å². The van der Waals surface area contributed by atoms with Crippen LogP contribution in [-0.4, -0.2) is 0 Å². The first kappa shape index (κ1) is 31.6. The number of rotatable bonds is 5. The van der Waals surface area contributed by atoms with Gasteiger partial charge in [-0.15, -0.1) is 11.3 Å². The number of nitrogens with zero attached hydrogens (tertiary/aromatic N) is 1. The van der Waals surface area contributed by atoms with Crippen LogP contribution in [0.3, 0.4) is 0 Å². The molecule has 2 heterocycles. The van der Waals surface area contributed by atoms with Crippen LogP contribution in [0.25, 0.3) is 75.5 Å². The summed E-state index contributed by atoms with van der Waals surface area (Å²) in [7, 11) is 0. The van der Waals surface area contributed by atoms with E-state index in [-0.39, 0.29) is 0 Å². The van der Waals surface area contributed by atoms with E-state index in [1.54, 1.807) is 0 Å². The van der Waals surface area contributed by atoms with Gasteiger partial charge in [-0.05, 0) is 87.1 Å². The van der Waals surface area contributed by atoms with E-state index in [0.717, 1.165) is 56.2 Å². The Morgan fingerprint density at radius 3 is 1.82 bits per heavy atom. The number of para-hydroxylation sites is 1. The third-order valence-electron chi connectivity index (χ3n) is 10.9. The van der Waals surface area contributed by atoms with Crippen molar-refractivity contribution >= 4 is 59.3 Å². The third kappa shape index (κ3) is 5.24. The summed E-state index contributed by atoms with van der Waals surface area (Å²) >= 11 is 1.87. The molecule has 11 rings (SSSR count). The number of hydrogen-bond acceptors (Lipinski definition) is 3. The Morgan fingerprint density at radius 1 is 0.364 bits per heavy atom. The molecular formula is C52H33NOS. The first-order valence-corrected chi connectivity index (χ1v) is 19.5. The lowest BCUT2D eigenvalue weighted by atomic mass is 9.89. The maximum Gasteiger partial charge on any atom is 0.136 e. The second-order valence-corrected chi connectivity index (χ2v) is 15.1. The minimum Gasteiger partial charge on any atom is -0.456 e. The van der Waals surface area contributed by atoms with Crippen molar-refractivity contribution in [2.45, 2.75) is 0 Å². The number of ether oxygens (including phenoxy) is 1. The van der Waals surface area contributed by atoms with E-state index >= 15 is 0 Å². The topological polar surface area (TPSA) is 12.5 Å². The number of benzene rings is 9. The Balaban J connectivity index is 1.14. The molecule has 55 heavy (non-hydrogen) atoms. The summed E-state index contributed by atoms with van der Waals surface area (Å²) < 4.78 is 9.44. The molecule has 0 atom stereocenters. The van der Waals surface area contributed by atoms with Gasteiger partial charge in [0.05, 0.1) is 5.69 Å². The molecule has 0 fully saturated rings. The molecule has 0 N–H and O–H groups in total. The van der Waals surface area contributed by atoms with Crippen LogP contribution in [0.1, 0.15) is 0 Å². The van der Waals surface area contributed by atoms with E-state index in [4.69, 9.17) is 4.74 Å². The normalized spacial score (nSPS) is 11.8. The molecule has 3 heteroatoms. The third-order valence-corrected chi connectivity index (χ3v) is 12.1. The van der Waals surface area contributed by atoms with Crippen molar-refractivity contribution in [2.24, 2.45) is 0 Å². The minimum absolute atomic E-state index is 0.850. The van der Waals surface area contributed by atoms with Crippen LogP contribution in [0.15, 0.2) is 200 Å². The van der Waals surface area contributed by atoms with Crippen molar-refractivity contribution in [3.8, 4) is 56.0 Å². The van der Waals surface area contributed by atoms with E-state index in [9.17, 15) is 0 Å². The van der Waals surface area contributed by atoms with Gasteiger partial charge in [-0.3, -0.25) is 0 Å². The number of fused-ring (bicyclic) bond motifs is 10. The quantitative estimate of drug-likeness (QED) is 0.176. The monoisotopic (exact) mass is 719 g/mol. The highest BCUT2D eigenvalue weighted by Gasteiger charge is 2.28. The zero-order valence-corrected chi connectivity index (χ0v) is 30.6. The zero-order valence-electron chi connectivity index (χ0n) is 29.8. The summed E-state index contributed by atoms with van der Waals surface area (Å²) in [5.74, 6) is 1.71. The highest BCUT2D eigenvalue weighted by atomic mass is 32.1. The molecule has 1 aliphatic rings. The molecule has 0 spiro atoms. The molecule has 0 bridgehead atoms. The van der Waals surface area contributed by atoms with Crippen LogP contribution in [0.5, 0.6) is 11.5 Å². The smallest absolute Gasteiger partial charge is 0.136 e. The molecule has 0 unspecified atom stereocenters. The average molecular weight is 720 g/mol. The van der Waals surface area contributed by atoms with Crippen LogP contribution in [0.2, 0.25) is 0 Å². The number of thiophene rings is 1. The number of anilines is 3. The van der Waals surface area contributed by atoms with Gasteiger partial charge in [-0.1, -0.05) is 152 Å². The fraction of sp³-hybridized carbons (Fsp3) is 0. The van der Waals surface area contributed by atoms with Crippen LogP contribution in [0, 0.1) is 0 Å². The fourth-order valence-electron chi connectivity index (χ4n) is 8.33. The first-order chi connectivity index (χ1) is 27.3. The van der Waals surface area contributed by atoms with Crippen molar-refractivity contribution in [3.63, 3.8) is 0 Å². The van der Waals surface area contributed by atoms with Crippen LogP contribution >= 0.6 is 11.3 Å². The highest BCUT2D eigenvalue weighted by molar-refractivity contribution is 7.26. The van der Waals surface area contributed by atoms with Crippen LogP contribution < -0.4 is 9.64 Å². The van der Waals surface area contributed by atoms with Crippen molar-refractivity contribution in [1.29, 1.82) is 0 Å². The van der Waals surface area contributed by atoms with Crippen LogP contribution in [0.4, 0.5) is 17.1 Å². The molecule has 0 saturated heterocycles. The van der Waals surface area contributed by atoms with Gasteiger partial charge in [0.2, 0.25) is 0 Å². The Kier molecular flexibility index (Phi) is 7.39. The molecule has 10 aromatic rings. The summed E-state index contributed by atoms with van der Waals surface area (Å²) in [5, 5.41) is 4.96. The Labute approximate surface area is 323 Å². The molecule has 0 aliphatic carbocycles. The van der Waals surface area contributed by atoms with Gasteiger partial charge in [0.15, 0.2) is 0 Å². The molecule has 258 valence electrons. The maximum absolute atomic E-state index is 6.81. The molecular weight excluding hydrogens is 687 g/mol. The van der Waals surface area contributed by atoms with Gasteiger partial charge in [0.25, 0.3) is 0 Å². The van der Waals surface area contributed by atoms with Gasteiger partial charge in [-0.25, -0.2) is 0 Å². The summed E-state index contributed by atoms with van der Waals surface area (Å²) in [6.07, 6.45) is 0. The summed E-state index contributed by atoms with van der Waals surface area (Å²) in [4.78, 5) is 2.41. The van der Waals surface area contributed by atoms with E-state index in [0.29, 0.717) is 0 Å². The lowest BCUT2D eigenvalue weighted by Gasteiger charge is -2.29. The molecule has 0 amide bonds. The Bertz CT molecular complexity index is 3050. The summed E-state index contributed by atoms with van der Waals surface area (Å²) in [6.45, 7) is 0. The van der Waals surface area contributed by atoms with Crippen molar-refractivity contribution in [1.82, 2.24) is 0 Å². The predicted octanol–water partition coefficient (Wildman–Crippen LogP) is 15.5. The van der Waals surface area contributed by atoms with Gasteiger partial charge < -0.3 is 9.64 Å². The zero-order chi connectivity index (χ0) is 36.3. The molecule has 1 aromatic heterocycles. The van der Waals surface area contributed by atoms with Crippen molar-refractivity contribution in [2.75, 3.05) is 4.90 Å². The standard InChI is InChI=1S/C52H33NOS/c1-2-12-34(13-3-1)35-24-29-38(30-25-35)53(39-31-26-37(27-32-39)41-18-10-20-45-43-17-7-9-23-49(43)55-52(41)45)46-21-11-19-44-42-16-6-8-22-47(42)54-48-33-28-36-14-4-5-15-40(36)51(48)50(44)46/h1-33H. The second kappa shape index (κ2) is 12.9. The Hall–Kier alpha value is -6.94. The molecule has 1 aliphatic heterocycles. The lowest BCUT2D eigenvalue weighted by Crippen LogP contribution is -2.11. The molecule has 0 radical (unpaired) electrons. The maximum atomic E-state index is 6.81. The van der Waals surface area contributed by atoms with Gasteiger partial charge in [0.1, 0.15) is 11.5 Å².